The molecule has 1 aliphatic rings. The smallest absolute Gasteiger partial charge is 0.412 e. The van der Waals surface area contributed by atoms with Crippen LogP contribution in [0.15, 0.2) is 29.8 Å². The summed E-state index contributed by atoms with van der Waals surface area (Å²) in [6, 6.07) is 4.59. The first-order chi connectivity index (χ1) is 14.0. The molecule has 0 bridgehead atoms. The molecule has 162 valence electrons. The fourth-order valence-electron chi connectivity index (χ4n) is 2.67. The molecule has 0 spiro atoms. The van der Waals surface area contributed by atoms with E-state index >= 15 is 0 Å². The Labute approximate surface area is 174 Å². The number of ketones is 1. The number of ether oxygens (including phenoxy) is 3. The van der Waals surface area contributed by atoms with Crippen LogP contribution in [0.3, 0.4) is 0 Å². The summed E-state index contributed by atoms with van der Waals surface area (Å²) < 4.78 is 15.6. The van der Waals surface area contributed by atoms with Crippen LogP contribution >= 0.6 is 0 Å². The Hall–Kier alpha value is -3.20. The molecule has 0 saturated carbocycles. The second-order valence-electron chi connectivity index (χ2n) is 7.54. The Balaban J connectivity index is 2.33. The lowest BCUT2D eigenvalue weighted by atomic mass is 10.0. The quantitative estimate of drug-likeness (QED) is 0.323. The van der Waals surface area contributed by atoms with Crippen molar-refractivity contribution in [3.05, 3.63) is 41.0 Å². The highest BCUT2D eigenvalue weighted by atomic mass is 16.6. The molecule has 1 heterocycles. The van der Waals surface area contributed by atoms with Crippen molar-refractivity contribution < 1.29 is 38.5 Å². The standard InChI is InChI=1S/C21H25NO8/c1-5-29-19(26)15(10-13-6-8-14(9-7-13)18(24)25)17(23)16-11-28-12-22(16)20(27)30-21(2,3)4/h6-10,16H,5,11-12H2,1-4H3,(H,24,25)/b15-10+/t16-/m0/s1. The van der Waals surface area contributed by atoms with Crippen LogP contribution in [0.2, 0.25) is 0 Å². The van der Waals surface area contributed by atoms with Crippen LogP contribution in [0.25, 0.3) is 6.08 Å². The van der Waals surface area contributed by atoms with Crippen LogP contribution in [0.4, 0.5) is 4.79 Å². The molecule has 9 nitrogen and oxygen atoms in total. The number of rotatable bonds is 6. The minimum absolute atomic E-state index is 0.0539. The van der Waals surface area contributed by atoms with Gasteiger partial charge in [-0.05, 0) is 51.5 Å². The number of amides is 1. The molecular formula is C21H25NO8. The van der Waals surface area contributed by atoms with Gasteiger partial charge < -0.3 is 19.3 Å². The topological polar surface area (TPSA) is 119 Å². The Bertz CT molecular complexity index is 851. The first-order valence-electron chi connectivity index (χ1n) is 9.37. The molecule has 2 rings (SSSR count). The lowest BCUT2D eigenvalue weighted by molar-refractivity contribution is -0.140. The number of Topliss-reactive ketones (excluding diaryl/α,β-unsaturated/α-hetero) is 1. The van der Waals surface area contributed by atoms with Crippen molar-refractivity contribution >= 4 is 29.9 Å². The van der Waals surface area contributed by atoms with Crippen molar-refractivity contribution in [2.75, 3.05) is 19.9 Å². The highest BCUT2D eigenvalue weighted by molar-refractivity contribution is 6.23. The van der Waals surface area contributed by atoms with Crippen molar-refractivity contribution in [2.24, 2.45) is 0 Å². The molecular weight excluding hydrogens is 394 g/mol. The van der Waals surface area contributed by atoms with Gasteiger partial charge in [-0.15, -0.1) is 0 Å². The molecule has 1 amide bonds. The SMILES string of the molecule is CCOC(=O)/C(=C/c1ccc(C(=O)O)cc1)C(=O)[C@@H]1COCN1C(=O)OC(C)(C)C. The van der Waals surface area contributed by atoms with E-state index in [1.807, 2.05) is 0 Å². The van der Waals surface area contributed by atoms with Gasteiger partial charge in [0.2, 0.25) is 0 Å². The molecule has 1 aromatic carbocycles. The van der Waals surface area contributed by atoms with Crippen LogP contribution in [-0.4, -0.2) is 65.4 Å². The van der Waals surface area contributed by atoms with Crippen LogP contribution in [-0.2, 0) is 23.8 Å². The molecule has 0 unspecified atom stereocenters. The van der Waals surface area contributed by atoms with E-state index in [2.05, 4.69) is 0 Å². The Morgan fingerprint density at radius 1 is 1.20 bits per heavy atom. The predicted octanol–water partition coefficient (Wildman–Crippen LogP) is 2.49. The van der Waals surface area contributed by atoms with Gasteiger partial charge in [-0.25, -0.2) is 14.4 Å². The summed E-state index contributed by atoms with van der Waals surface area (Å²) in [4.78, 5) is 50.1. The summed E-state index contributed by atoms with van der Waals surface area (Å²) in [5, 5.41) is 9.00. The minimum atomic E-state index is -1.09. The summed E-state index contributed by atoms with van der Waals surface area (Å²) in [6.07, 6.45) is 0.574. The first-order valence-corrected chi connectivity index (χ1v) is 9.37. The van der Waals surface area contributed by atoms with Gasteiger partial charge in [0, 0.05) is 0 Å². The molecule has 0 radical (unpaired) electrons. The normalized spacial score (nSPS) is 16.9. The first kappa shape index (κ1) is 23.1. The Morgan fingerprint density at radius 2 is 1.83 bits per heavy atom. The second-order valence-corrected chi connectivity index (χ2v) is 7.54. The molecule has 1 atom stereocenters. The van der Waals surface area contributed by atoms with Crippen LogP contribution in [0, 0.1) is 0 Å². The average Bonchev–Trinajstić information content (AvgIpc) is 3.15. The van der Waals surface area contributed by atoms with E-state index in [9.17, 15) is 19.2 Å². The molecule has 0 aromatic heterocycles. The number of carbonyl (C=O) groups is 4. The lowest BCUT2D eigenvalue weighted by Crippen LogP contribution is -2.45. The van der Waals surface area contributed by atoms with Gasteiger partial charge in [0.05, 0.1) is 18.8 Å². The summed E-state index contributed by atoms with van der Waals surface area (Å²) in [5.74, 6) is -2.59. The third kappa shape index (κ3) is 5.90. The molecule has 1 aliphatic heterocycles. The maximum absolute atomic E-state index is 13.1. The fourth-order valence-corrected chi connectivity index (χ4v) is 2.67. The molecule has 30 heavy (non-hydrogen) atoms. The summed E-state index contributed by atoms with van der Waals surface area (Å²) in [7, 11) is 0. The van der Waals surface area contributed by atoms with Gasteiger partial charge in [-0.3, -0.25) is 9.69 Å². The predicted molar refractivity (Wildman–Crippen MR) is 106 cm³/mol. The summed E-state index contributed by atoms with van der Waals surface area (Å²) >= 11 is 0. The number of nitrogens with zero attached hydrogens (tertiary/aromatic N) is 1. The van der Waals surface area contributed by atoms with E-state index in [0.717, 1.165) is 4.90 Å². The van der Waals surface area contributed by atoms with E-state index in [0.29, 0.717) is 5.56 Å². The maximum atomic E-state index is 13.1. The zero-order valence-electron chi connectivity index (χ0n) is 17.3. The third-order valence-electron chi connectivity index (χ3n) is 4.04. The van der Waals surface area contributed by atoms with E-state index in [4.69, 9.17) is 19.3 Å². The van der Waals surface area contributed by atoms with Gasteiger partial charge >= 0.3 is 18.0 Å². The summed E-state index contributed by atoms with van der Waals surface area (Å²) in [5.41, 5.74) is -0.543. The molecule has 1 saturated heterocycles. The fraction of sp³-hybridized carbons (Fsp3) is 0.429. The summed E-state index contributed by atoms with van der Waals surface area (Å²) in [6.45, 7) is 6.52. The number of esters is 1. The van der Waals surface area contributed by atoms with Crippen molar-refractivity contribution in [1.29, 1.82) is 0 Å². The van der Waals surface area contributed by atoms with Crippen molar-refractivity contribution in [3.8, 4) is 0 Å². The molecule has 1 N–H and O–H groups in total. The molecule has 1 fully saturated rings. The monoisotopic (exact) mass is 419 g/mol. The van der Waals surface area contributed by atoms with Gasteiger partial charge in [0.15, 0.2) is 5.78 Å². The number of aromatic carboxylic acids is 1. The van der Waals surface area contributed by atoms with Gasteiger partial charge in [0.25, 0.3) is 0 Å². The Kier molecular flexibility index (Phi) is 7.33. The van der Waals surface area contributed by atoms with E-state index in [1.54, 1.807) is 27.7 Å². The number of carbonyl (C=O) groups excluding carboxylic acids is 3. The molecule has 9 heteroatoms. The van der Waals surface area contributed by atoms with Gasteiger partial charge in [-0.1, -0.05) is 12.1 Å². The Morgan fingerprint density at radius 3 is 2.37 bits per heavy atom. The minimum Gasteiger partial charge on any atom is -0.478 e. The maximum Gasteiger partial charge on any atom is 0.412 e. The average molecular weight is 419 g/mol. The van der Waals surface area contributed by atoms with Crippen molar-refractivity contribution in [2.45, 2.75) is 39.3 Å². The van der Waals surface area contributed by atoms with Gasteiger partial charge in [0.1, 0.15) is 23.9 Å². The van der Waals surface area contributed by atoms with Crippen LogP contribution in [0.5, 0.6) is 0 Å². The zero-order valence-corrected chi connectivity index (χ0v) is 17.3. The number of benzene rings is 1. The zero-order chi connectivity index (χ0) is 22.5. The number of carboxylic acids is 1. The largest absolute Gasteiger partial charge is 0.478 e. The highest BCUT2D eigenvalue weighted by Crippen LogP contribution is 2.21. The van der Waals surface area contributed by atoms with Crippen LogP contribution < -0.4 is 0 Å². The number of hydrogen-bond acceptors (Lipinski definition) is 7. The van der Waals surface area contributed by atoms with E-state index in [1.165, 1.54) is 30.3 Å². The van der Waals surface area contributed by atoms with Crippen molar-refractivity contribution in [1.82, 2.24) is 4.90 Å². The number of carboxylic acid groups (broad SMARTS) is 1. The third-order valence-corrected chi connectivity index (χ3v) is 4.04. The van der Waals surface area contributed by atoms with Crippen molar-refractivity contribution in [3.63, 3.8) is 0 Å². The molecule has 1 aromatic rings. The second kappa shape index (κ2) is 9.53. The highest BCUT2D eigenvalue weighted by Gasteiger charge is 2.40. The number of hydrogen-bond donors (Lipinski definition) is 1. The van der Waals surface area contributed by atoms with Gasteiger partial charge in [-0.2, -0.15) is 0 Å². The molecule has 0 aliphatic carbocycles. The van der Waals surface area contributed by atoms with Crippen LogP contribution in [0.1, 0.15) is 43.6 Å². The van der Waals surface area contributed by atoms with E-state index in [-0.39, 0.29) is 31.1 Å². The lowest BCUT2D eigenvalue weighted by Gasteiger charge is -2.26. The van der Waals surface area contributed by atoms with E-state index < -0.39 is 35.5 Å².